The second kappa shape index (κ2) is 5.08. The Balaban J connectivity index is 1.63. The minimum atomic E-state index is -0.466. The topological polar surface area (TPSA) is 45.1 Å². The highest BCUT2D eigenvalue weighted by atomic mass is 32.1. The van der Waals surface area contributed by atoms with Crippen LogP contribution in [-0.2, 0) is 12.8 Å². The Bertz CT molecular complexity index is 525. The lowest BCUT2D eigenvalue weighted by atomic mass is 10.2. The van der Waals surface area contributed by atoms with Gasteiger partial charge in [-0.2, -0.15) is 11.3 Å². The van der Waals surface area contributed by atoms with Crippen LogP contribution < -0.4 is 5.32 Å². The molecule has 3 rings (SSSR count). The van der Waals surface area contributed by atoms with Crippen LogP contribution in [0, 0.1) is 0 Å². The van der Waals surface area contributed by atoms with E-state index in [1.54, 1.807) is 11.3 Å². The van der Waals surface area contributed by atoms with Gasteiger partial charge in [0.25, 0.3) is 0 Å². The first kappa shape index (κ1) is 11.7. The molecule has 2 N–H and O–H groups in total. The summed E-state index contributed by atoms with van der Waals surface area (Å²) < 4.78 is 0. The minimum Gasteiger partial charge on any atom is -0.387 e. The molecule has 0 saturated carbocycles. The fourth-order valence-corrected chi connectivity index (χ4v) is 3.01. The van der Waals surface area contributed by atoms with Gasteiger partial charge in [0.05, 0.1) is 6.10 Å². The van der Waals surface area contributed by atoms with Crippen LogP contribution in [0.4, 0.5) is 5.82 Å². The molecule has 1 atom stereocenters. The van der Waals surface area contributed by atoms with Crippen molar-refractivity contribution >= 4 is 17.2 Å². The van der Waals surface area contributed by atoms with Gasteiger partial charge >= 0.3 is 0 Å². The number of rotatable bonds is 4. The molecule has 0 bridgehead atoms. The number of aliphatic hydroxyl groups is 1. The number of aryl methyl sites for hydroxylation is 2. The van der Waals surface area contributed by atoms with E-state index in [1.165, 1.54) is 17.7 Å². The summed E-state index contributed by atoms with van der Waals surface area (Å²) in [6.07, 6.45) is 2.98. The first-order chi connectivity index (χ1) is 8.83. The van der Waals surface area contributed by atoms with E-state index >= 15 is 0 Å². The van der Waals surface area contributed by atoms with Crippen LogP contribution in [0.1, 0.15) is 29.3 Å². The van der Waals surface area contributed by atoms with E-state index in [2.05, 4.69) is 16.4 Å². The molecule has 0 fully saturated rings. The number of nitrogens with zero attached hydrogens (tertiary/aromatic N) is 1. The second-order valence-electron chi connectivity index (χ2n) is 4.61. The lowest BCUT2D eigenvalue weighted by Gasteiger charge is -2.11. The smallest absolute Gasteiger partial charge is 0.126 e. The van der Waals surface area contributed by atoms with E-state index in [1.807, 2.05) is 22.9 Å². The molecule has 1 aliphatic carbocycles. The van der Waals surface area contributed by atoms with Crippen molar-refractivity contribution in [1.29, 1.82) is 0 Å². The number of aromatic nitrogens is 1. The maximum atomic E-state index is 9.98. The standard InChI is InChI=1S/C14H16N2OS/c17-13(11-6-7-18-9-11)8-15-14-5-4-10-2-1-3-12(10)16-14/h4-7,9,13,17H,1-3,8H2,(H,15,16). The van der Waals surface area contributed by atoms with Gasteiger partial charge in [0, 0.05) is 12.2 Å². The average Bonchev–Trinajstić information content (AvgIpc) is 3.05. The van der Waals surface area contributed by atoms with Crippen LogP contribution in [-0.4, -0.2) is 16.6 Å². The first-order valence-electron chi connectivity index (χ1n) is 6.26. The molecular weight excluding hydrogens is 244 g/mol. The lowest BCUT2D eigenvalue weighted by molar-refractivity contribution is 0.192. The van der Waals surface area contributed by atoms with E-state index in [4.69, 9.17) is 0 Å². The molecule has 2 aromatic rings. The molecule has 2 heterocycles. The third-order valence-electron chi connectivity index (χ3n) is 3.33. The summed E-state index contributed by atoms with van der Waals surface area (Å²) in [5.74, 6) is 0.866. The zero-order valence-electron chi connectivity index (χ0n) is 10.1. The van der Waals surface area contributed by atoms with Gasteiger partial charge < -0.3 is 10.4 Å². The zero-order chi connectivity index (χ0) is 12.4. The minimum absolute atomic E-state index is 0.466. The summed E-state index contributed by atoms with van der Waals surface area (Å²) in [6, 6.07) is 6.10. The van der Waals surface area contributed by atoms with Crippen LogP contribution in [0.2, 0.25) is 0 Å². The van der Waals surface area contributed by atoms with Crippen LogP contribution >= 0.6 is 11.3 Å². The third kappa shape index (κ3) is 2.40. The number of hydrogen-bond donors (Lipinski definition) is 2. The van der Waals surface area contributed by atoms with Crippen molar-refractivity contribution < 1.29 is 5.11 Å². The van der Waals surface area contributed by atoms with Crippen molar-refractivity contribution in [3.8, 4) is 0 Å². The van der Waals surface area contributed by atoms with Gasteiger partial charge in [0.15, 0.2) is 0 Å². The van der Waals surface area contributed by atoms with Crippen LogP contribution in [0.15, 0.2) is 29.0 Å². The maximum Gasteiger partial charge on any atom is 0.126 e. The number of thiophene rings is 1. The van der Waals surface area contributed by atoms with Crippen molar-refractivity contribution in [2.75, 3.05) is 11.9 Å². The summed E-state index contributed by atoms with van der Waals surface area (Å²) in [7, 11) is 0. The van der Waals surface area contributed by atoms with Gasteiger partial charge in [0.1, 0.15) is 5.82 Å². The van der Waals surface area contributed by atoms with Crippen molar-refractivity contribution in [3.63, 3.8) is 0 Å². The van der Waals surface area contributed by atoms with Gasteiger partial charge in [-0.25, -0.2) is 4.98 Å². The Morgan fingerprint density at radius 1 is 1.33 bits per heavy atom. The largest absolute Gasteiger partial charge is 0.387 e. The van der Waals surface area contributed by atoms with Crippen LogP contribution in [0.25, 0.3) is 0 Å². The summed E-state index contributed by atoms with van der Waals surface area (Å²) in [5, 5.41) is 17.1. The second-order valence-corrected chi connectivity index (χ2v) is 5.39. The highest BCUT2D eigenvalue weighted by Crippen LogP contribution is 2.22. The summed E-state index contributed by atoms with van der Waals surface area (Å²) >= 11 is 1.60. The first-order valence-corrected chi connectivity index (χ1v) is 7.20. The van der Waals surface area contributed by atoms with Crippen molar-refractivity contribution in [2.24, 2.45) is 0 Å². The molecule has 1 aliphatic rings. The Morgan fingerprint density at radius 3 is 3.11 bits per heavy atom. The Kier molecular flexibility index (Phi) is 3.30. The third-order valence-corrected chi connectivity index (χ3v) is 4.03. The molecule has 2 aromatic heterocycles. The number of pyridine rings is 1. The molecule has 94 valence electrons. The molecule has 0 saturated heterocycles. The molecule has 3 nitrogen and oxygen atoms in total. The fourth-order valence-electron chi connectivity index (χ4n) is 2.30. The van der Waals surface area contributed by atoms with E-state index in [0.717, 1.165) is 24.2 Å². The van der Waals surface area contributed by atoms with Gasteiger partial charge in [-0.1, -0.05) is 6.07 Å². The lowest BCUT2D eigenvalue weighted by Crippen LogP contribution is -2.12. The summed E-state index contributed by atoms with van der Waals surface area (Å²) in [6.45, 7) is 0.503. The molecule has 0 radical (unpaired) electrons. The highest BCUT2D eigenvalue weighted by Gasteiger charge is 2.13. The van der Waals surface area contributed by atoms with Crippen LogP contribution in [0.5, 0.6) is 0 Å². The van der Waals surface area contributed by atoms with E-state index in [-0.39, 0.29) is 0 Å². The number of aliphatic hydroxyl groups excluding tert-OH is 1. The number of hydrogen-bond acceptors (Lipinski definition) is 4. The van der Waals surface area contributed by atoms with Crippen molar-refractivity contribution in [1.82, 2.24) is 4.98 Å². The Labute approximate surface area is 111 Å². The Morgan fingerprint density at radius 2 is 2.28 bits per heavy atom. The summed E-state index contributed by atoms with van der Waals surface area (Å²) in [5.41, 5.74) is 3.55. The number of nitrogens with one attached hydrogen (secondary N) is 1. The fraction of sp³-hybridized carbons (Fsp3) is 0.357. The molecule has 1 unspecified atom stereocenters. The molecule has 0 aliphatic heterocycles. The van der Waals surface area contributed by atoms with Crippen molar-refractivity contribution in [2.45, 2.75) is 25.4 Å². The predicted molar refractivity (Wildman–Crippen MR) is 74.0 cm³/mol. The highest BCUT2D eigenvalue weighted by molar-refractivity contribution is 7.07. The van der Waals surface area contributed by atoms with Gasteiger partial charge in [-0.3, -0.25) is 0 Å². The van der Waals surface area contributed by atoms with Gasteiger partial charge in [0.2, 0.25) is 0 Å². The van der Waals surface area contributed by atoms with Gasteiger partial charge in [-0.15, -0.1) is 0 Å². The van der Waals surface area contributed by atoms with E-state index < -0.39 is 6.10 Å². The van der Waals surface area contributed by atoms with E-state index in [9.17, 15) is 5.11 Å². The van der Waals surface area contributed by atoms with Crippen molar-refractivity contribution in [3.05, 3.63) is 45.8 Å². The normalized spacial score (nSPS) is 15.4. The monoisotopic (exact) mass is 260 g/mol. The number of anilines is 1. The molecule has 0 spiro atoms. The summed E-state index contributed by atoms with van der Waals surface area (Å²) in [4.78, 5) is 4.59. The maximum absolute atomic E-state index is 9.98. The van der Waals surface area contributed by atoms with Gasteiger partial charge in [-0.05, 0) is 53.3 Å². The number of fused-ring (bicyclic) bond motifs is 1. The molecule has 18 heavy (non-hydrogen) atoms. The molecular formula is C14H16N2OS. The molecule has 0 aromatic carbocycles. The SMILES string of the molecule is OC(CNc1ccc2c(n1)CCC2)c1ccsc1. The molecule has 0 amide bonds. The average molecular weight is 260 g/mol. The van der Waals surface area contributed by atoms with E-state index in [0.29, 0.717) is 6.54 Å². The van der Waals surface area contributed by atoms with Crippen LogP contribution in [0.3, 0.4) is 0 Å². The zero-order valence-corrected chi connectivity index (χ0v) is 10.9. The quantitative estimate of drug-likeness (QED) is 0.888. The Hall–Kier alpha value is -1.39. The molecule has 4 heteroatoms. The predicted octanol–water partition coefficient (Wildman–Crippen LogP) is 2.78.